The zero-order chi connectivity index (χ0) is 12.5. The summed E-state index contributed by atoms with van der Waals surface area (Å²) in [5, 5.41) is 10.5. The molecule has 1 nitrogen and oxygen atoms in total. The average Bonchev–Trinajstić information content (AvgIpc) is 2.24. The Balaban J connectivity index is 3.39. The summed E-state index contributed by atoms with van der Waals surface area (Å²) in [5.41, 5.74) is 0.338. The van der Waals surface area contributed by atoms with Crippen molar-refractivity contribution in [2.75, 3.05) is 0 Å². The molecule has 0 saturated carbocycles. The summed E-state index contributed by atoms with van der Waals surface area (Å²) in [7, 11) is 0. The summed E-state index contributed by atoms with van der Waals surface area (Å²) >= 11 is 29.6. The quantitative estimate of drug-likeness (QED) is 0.552. The summed E-state index contributed by atoms with van der Waals surface area (Å²) in [4.78, 5) is 0. The third-order valence-corrected chi connectivity index (χ3v) is 4.45. The van der Waals surface area contributed by atoms with E-state index in [1.807, 2.05) is 6.92 Å². The molecular weight excluding hydrogens is 313 g/mol. The molecule has 16 heavy (non-hydrogen) atoms. The van der Waals surface area contributed by atoms with Gasteiger partial charge in [-0.25, -0.2) is 0 Å². The second kappa shape index (κ2) is 5.99. The van der Waals surface area contributed by atoms with E-state index in [9.17, 15) is 5.11 Å². The first-order chi connectivity index (χ1) is 7.41. The molecule has 1 unspecified atom stereocenters. The minimum Gasteiger partial charge on any atom is -0.388 e. The molecular formula is C10H9Cl5O. The molecule has 0 fully saturated rings. The Kier molecular flexibility index (Phi) is 5.50. The van der Waals surface area contributed by atoms with Crippen molar-refractivity contribution >= 4 is 58.0 Å². The molecule has 1 atom stereocenters. The van der Waals surface area contributed by atoms with Crippen LogP contribution < -0.4 is 0 Å². The standard InChI is InChI=1S/C10H9Cl5O/c1-2-3-4(16)5-6(11)8(13)10(15)9(14)7(5)12/h4,16H,2-3H2,1H3. The molecule has 0 radical (unpaired) electrons. The molecule has 0 aliphatic heterocycles. The van der Waals surface area contributed by atoms with Crippen LogP contribution in [0.25, 0.3) is 0 Å². The maximum atomic E-state index is 9.89. The van der Waals surface area contributed by atoms with Crippen LogP contribution in [0, 0.1) is 0 Å². The first kappa shape index (κ1) is 14.7. The first-order valence-electron chi connectivity index (χ1n) is 4.61. The lowest BCUT2D eigenvalue weighted by Crippen LogP contribution is -2.00. The highest BCUT2D eigenvalue weighted by Gasteiger charge is 2.23. The Hall–Kier alpha value is 0.630. The van der Waals surface area contributed by atoms with Crippen molar-refractivity contribution in [1.82, 2.24) is 0 Å². The largest absolute Gasteiger partial charge is 0.388 e. The fourth-order valence-corrected chi connectivity index (χ4v) is 2.74. The molecule has 0 bridgehead atoms. The number of hydrogen-bond acceptors (Lipinski definition) is 1. The predicted octanol–water partition coefficient (Wildman–Crippen LogP) is 5.79. The summed E-state index contributed by atoms with van der Waals surface area (Å²) in [6.45, 7) is 1.93. The van der Waals surface area contributed by atoms with E-state index in [2.05, 4.69) is 0 Å². The highest BCUT2D eigenvalue weighted by Crippen LogP contribution is 2.46. The van der Waals surface area contributed by atoms with Crippen LogP contribution in [0.15, 0.2) is 0 Å². The Morgan fingerprint density at radius 1 is 0.875 bits per heavy atom. The van der Waals surface area contributed by atoms with Gasteiger partial charge in [0.2, 0.25) is 0 Å². The van der Waals surface area contributed by atoms with Gasteiger partial charge in [0.1, 0.15) is 0 Å². The van der Waals surface area contributed by atoms with Gasteiger partial charge in [-0.1, -0.05) is 71.3 Å². The van der Waals surface area contributed by atoms with Gasteiger partial charge in [0.15, 0.2) is 0 Å². The molecule has 0 spiro atoms. The topological polar surface area (TPSA) is 20.2 Å². The van der Waals surface area contributed by atoms with Crippen LogP contribution in [-0.2, 0) is 0 Å². The molecule has 0 aliphatic rings. The van der Waals surface area contributed by atoms with E-state index in [1.165, 1.54) is 0 Å². The molecule has 0 heterocycles. The molecule has 6 heteroatoms. The number of hydrogen-bond donors (Lipinski definition) is 1. The van der Waals surface area contributed by atoms with Crippen LogP contribution >= 0.6 is 58.0 Å². The maximum absolute atomic E-state index is 9.89. The van der Waals surface area contributed by atoms with Crippen LogP contribution in [0.3, 0.4) is 0 Å². The zero-order valence-corrected chi connectivity index (χ0v) is 12.1. The molecule has 0 saturated heterocycles. The number of rotatable bonds is 3. The van der Waals surface area contributed by atoms with E-state index >= 15 is 0 Å². The van der Waals surface area contributed by atoms with Gasteiger partial charge in [0.05, 0.1) is 31.2 Å². The van der Waals surface area contributed by atoms with Crippen molar-refractivity contribution in [1.29, 1.82) is 0 Å². The molecule has 1 aromatic carbocycles. The van der Waals surface area contributed by atoms with E-state index in [4.69, 9.17) is 58.0 Å². The lowest BCUT2D eigenvalue weighted by atomic mass is 10.1. The fraction of sp³-hybridized carbons (Fsp3) is 0.400. The number of aliphatic hydroxyl groups is 1. The molecule has 90 valence electrons. The van der Waals surface area contributed by atoms with Gasteiger partial charge in [-0.15, -0.1) is 0 Å². The van der Waals surface area contributed by atoms with Gasteiger partial charge in [0.25, 0.3) is 0 Å². The molecule has 0 aliphatic carbocycles. The fourth-order valence-electron chi connectivity index (χ4n) is 1.33. The van der Waals surface area contributed by atoms with Gasteiger partial charge in [-0.05, 0) is 6.42 Å². The van der Waals surface area contributed by atoms with Gasteiger partial charge >= 0.3 is 0 Å². The van der Waals surface area contributed by atoms with Crippen molar-refractivity contribution in [2.24, 2.45) is 0 Å². The summed E-state index contributed by atoms with van der Waals surface area (Å²) in [6.07, 6.45) is 0.511. The van der Waals surface area contributed by atoms with Crippen LogP contribution in [0.4, 0.5) is 0 Å². The second-order valence-electron chi connectivity index (χ2n) is 3.29. The molecule has 1 aromatic rings. The number of aliphatic hydroxyl groups excluding tert-OH is 1. The van der Waals surface area contributed by atoms with Crippen molar-refractivity contribution in [3.8, 4) is 0 Å². The van der Waals surface area contributed by atoms with E-state index in [0.29, 0.717) is 12.0 Å². The van der Waals surface area contributed by atoms with Crippen LogP contribution in [0.1, 0.15) is 31.4 Å². The van der Waals surface area contributed by atoms with Crippen LogP contribution in [-0.4, -0.2) is 5.11 Å². The predicted molar refractivity (Wildman–Crippen MR) is 71.4 cm³/mol. The molecule has 1 N–H and O–H groups in total. The van der Waals surface area contributed by atoms with E-state index < -0.39 is 6.10 Å². The summed E-state index contributed by atoms with van der Waals surface area (Å²) in [5.74, 6) is 0. The molecule has 0 aromatic heterocycles. The highest BCUT2D eigenvalue weighted by atomic mass is 35.5. The van der Waals surface area contributed by atoms with Crippen molar-refractivity contribution in [2.45, 2.75) is 25.9 Å². The van der Waals surface area contributed by atoms with Crippen LogP contribution in [0.2, 0.25) is 25.1 Å². The minimum absolute atomic E-state index is 0.103. The first-order valence-corrected chi connectivity index (χ1v) is 6.50. The average molecular weight is 322 g/mol. The molecule has 0 amide bonds. The Morgan fingerprint density at radius 2 is 1.25 bits per heavy atom. The van der Waals surface area contributed by atoms with E-state index in [1.54, 1.807) is 0 Å². The Bertz CT molecular complexity index is 376. The van der Waals surface area contributed by atoms with Gasteiger partial charge in [0, 0.05) is 5.56 Å². The Labute approximate surface area is 119 Å². The van der Waals surface area contributed by atoms with Crippen molar-refractivity contribution < 1.29 is 5.11 Å². The third-order valence-electron chi connectivity index (χ3n) is 2.14. The number of benzene rings is 1. The highest BCUT2D eigenvalue weighted by molar-refractivity contribution is 6.55. The monoisotopic (exact) mass is 320 g/mol. The van der Waals surface area contributed by atoms with Crippen molar-refractivity contribution in [3.05, 3.63) is 30.7 Å². The second-order valence-corrected chi connectivity index (χ2v) is 5.18. The lowest BCUT2D eigenvalue weighted by Gasteiger charge is -2.16. The minimum atomic E-state index is -0.794. The smallest absolute Gasteiger partial charge is 0.0820 e. The lowest BCUT2D eigenvalue weighted by molar-refractivity contribution is 0.166. The van der Waals surface area contributed by atoms with Gasteiger partial charge in [-0.2, -0.15) is 0 Å². The third kappa shape index (κ3) is 2.72. The van der Waals surface area contributed by atoms with Gasteiger partial charge < -0.3 is 5.11 Å². The zero-order valence-electron chi connectivity index (χ0n) is 8.33. The molecule has 1 rings (SSSR count). The summed E-state index contributed by atoms with van der Waals surface area (Å²) in [6, 6.07) is 0. The SMILES string of the molecule is CCCC(O)c1c(Cl)c(Cl)c(Cl)c(Cl)c1Cl. The maximum Gasteiger partial charge on any atom is 0.0820 e. The van der Waals surface area contributed by atoms with Gasteiger partial charge in [-0.3, -0.25) is 0 Å². The van der Waals surface area contributed by atoms with Crippen molar-refractivity contribution in [3.63, 3.8) is 0 Å². The normalized spacial score (nSPS) is 12.9. The van der Waals surface area contributed by atoms with E-state index in [-0.39, 0.29) is 25.1 Å². The summed E-state index contributed by atoms with van der Waals surface area (Å²) < 4.78 is 0. The van der Waals surface area contributed by atoms with E-state index in [0.717, 1.165) is 6.42 Å². The van der Waals surface area contributed by atoms with Crippen LogP contribution in [0.5, 0.6) is 0 Å². The Morgan fingerprint density at radius 3 is 1.62 bits per heavy atom. The number of halogens is 5.